The number of esters is 1. The van der Waals surface area contributed by atoms with E-state index in [1.165, 1.54) is 161 Å². The van der Waals surface area contributed by atoms with Crippen molar-refractivity contribution in [3.8, 4) is 0 Å². The predicted molar refractivity (Wildman–Crippen MR) is 162 cm³/mol. The monoisotopic (exact) mass is 522 g/mol. The Morgan fingerprint density at radius 1 is 0.676 bits per heavy atom. The van der Waals surface area contributed by atoms with Crippen molar-refractivity contribution in [2.24, 2.45) is 11.8 Å². The lowest BCUT2D eigenvalue weighted by molar-refractivity contribution is -0.140. The van der Waals surface area contributed by atoms with Crippen LogP contribution in [0.3, 0.4) is 0 Å². The largest absolute Gasteiger partial charge is 0.469 e. The van der Waals surface area contributed by atoms with E-state index >= 15 is 0 Å². The van der Waals surface area contributed by atoms with Crippen LogP contribution in [0.4, 0.5) is 0 Å². The zero-order valence-corrected chi connectivity index (χ0v) is 25.9. The molecule has 3 nitrogen and oxygen atoms in total. The Balaban J connectivity index is 1.88. The second kappa shape index (κ2) is 24.5. The van der Waals surface area contributed by atoms with E-state index in [0.717, 1.165) is 24.3 Å². The molecule has 0 radical (unpaired) electrons. The molecule has 220 valence electrons. The van der Waals surface area contributed by atoms with Gasteiger partial charge in [-0.2, -0.15) is 0 Å². The summed E-state index contributed by atoms with van der Waals surface area (Å²) in [6.45, 7) is 2.30. The Hall–Kier alpha value is -0.570. The van der Waals surface area contributed by atoms with Gasteiger partial charge in [0.2, 0.25) is 0 Å². The Kier molecular flexibility index (Phi) is 22.8. The van der Waals surface area contributed by atoms with Crippen molar-refractivity contribution < 1.29 is 9.53 Å². The summed E-state index contributed by atoms with van der Waals surface area (Å²) >= 11 is 0. The number of ether oxygens (including phenoxy) is 1. The second-order valence-corrected chi connectivity index (χ2v) is 12.5. The molecular weight excluding hydrogens is 454 g/mol. The molecule has 1 saturated carbocycles. The fraction of sp³-hybridized carbons (Fsp3) is 0.971. The maximum absolute atomic E-state index is 11.2. The summed E-state index contributed by atoms with van der Waals surface area (Å²) in [5.74, 6) is 1.87. The first-order valence-electron chi connectivity index (χ1n) is 16.8. The summed E-state index contributed by atoms with van der Waals surface area (Å²) in [4.78, 5) is 13.7. The van der Waals surface area contributed by atoms with Gasteiger partial charge in [-0.25, -0.2) is 0 Å². The van der Waals surface area contributed by atoms with E-state index in [2.05, 4.69) is 25.9 Å². The van der Waals surface area contributed by atoms with Gasteiger partial charge in [-0.1, -0.05) is 148 Å². The van der Waals surface area contributed by atoms with Gasteiger partial charge in [0.15, 0.2) is 0 Å². The molecule has 0 aromatic rings. The Morgan fingerprint density at radius 2 is 1.11 bits per heavy atom. The maximum Gasteiger partial charge on any atom is 0.305 e. The molecule has 0 spiro atoms. The minimum Gasteiger partial charge on any atom is -0.469 e. The van der Waals surface area contributed by atoms with E-state index in [-0.39, 0.29) is 5.97 Å². The lowest BCUT2D eigenvalue weighted by Gasteiger charge is -2.25. The number of methoxy groups -OCH3 is 1. The van der Waals surface area contributed by atoms with Gasteiger partial charge in [-0.15, -0.1) is 0 Å². The molecule has 1 rings (SSSR count). The smallest absolute Gasteiger partial charge is 0.305 e. The fourth-order valence-electron chi connectivity index (χ4n) is 6.32. The standard InChI is InChI=1S/C34H67NO2/c1-5-6-7-8-9-10-11-12-13-14-15-16-17-18-19-22-25-28-33(35(2)3)32-30-31(32)27-24-21-20-23-26-29-34(36)37-4/h31-33H,5-30H2,1-4H3. The molecular formula is C34H67NO2. The van der Waals surface area contributed by atoms with Gasteiger partial charge in [0.05, 0.1) is 7.11 Å². The average Bonchev–Trinajstić information content (AvgIpc) is 3.65. The van der Waals surface area contributed by atoms with Crippen LogP contribution in [0.5, 0.6) is 0 Å². The van der Waals surface area contributed by atoms with Crippen molar-refractivity contribution in [3.05, 3.63) is 0 Å². The highest BCUT2D eigenvalue weighted by Crippen LogP contribution is 2.47. The molecule has 0 N–H and O–H groups in total. The highest BCUT2D eigenvalue weighted by atomic mass is 16.5. The Labute approximate surface area is 233 Å². The Bertz CT molecular complexity index is 506. The van der Waals surface area contributed by atoms with Crippen molar-refractivity contribution in [1.82, 2.24) is 4.90 Å². The minimum atomic E-state index is -0.0601. The van der Waals surface area contributed by atoms with Gasteiger partial charge in [0.1, 0.15) is 0 Å². The molecule has 37 heavy (non-hydrogen) atoms. The van der Waals surface area contributed by atoms with E-state index in [9.17, 15) is 4.79 Å². The first kappa shape index (κ1) is 34.5. The summed E-state index contributed by atoms with van der Waals surface area (Å²) in [7, 11) is 6.08. The van der Waals surface area contributed by atoms with Crippen LogP contribution in [-0.2, 0) is 9.53 Å². The molecule has 3 atom stereocenters. The summed E-state index contributed by atoms with van der Waals surface area (Å²) < 4.78 is 4.72. The molecule has 3 heteroatoms. The lowest BCUT2D eigenvalue weighted by atomic mass is 9.98. The number of rotatable bonds is 28. The van der Waals surface area contributed by atoms with Crippen LogP contribution in [0, 0.1) is 11.8 Å². The first-order valence-corrected chi connectivity index (χ1v) is 16.8. The van der Waals surface area contributed by atoms with E-state index < -0.39 is 0 Å². The quantitative estimate of drug-likeness (QED) is 0.0757. The maximum atomic E-state index is 11.2. The molecule has 0 aromatic carbocycles. The number of nitrogens with zero attached hydrogens (tertiary/aromatic N) is 1. The molecule has 1 fully saturated rings. The van der Waals surface area contributed by atoms with Crippen molar-refractivity contribution in [3.63, 3.8) is 0 Å². The third-order valence-electron chi connectivity index (χ3n) is 8.92. The lowest BCUT2D eigenvalue weighted by Crippen LogP contribution is -2.30. The molecule has 0 saturated heterocycles. The highest BCUT2D eigenvalue weighted by molar-refractivity contribution is 5.68. The molecule has 1 aliphatic rings. The summed E-state index contributed by atoms with van der Waals surface area (Å²) in [5.41, 5.74) is 0. The van der Waals surface area contributed by atoms with Gasteiger partial charge in [-0.05, 0) is 45.2 Å². The second-order valence-electron chi connectivity index (χ2n) is 12.5. The zero-order chi connectivity index (χ0) is 27.0. The van der Waals surface area contributed by atoms with E-state index in [4.69, 9.17) is 4.74 Å². The van der Waals surface area contributed by atoms with Crippen LogP contribution >= 0.6 is 0 Å². The van der Waals surface area contributed by atoms with Gasteiger partial charge in [0.25, 0.3) is 0 Å². The molecule has 0 bridgehead atoms. The molecule has 3 unspecified atom stereocenters. The van der Waals surface area contributed by atoms with E-state index in [1.54, 1.807) is 0 Å². The van der Waals surface area contributed by atoms with Crippen molar-refractivity contribution in [1.29, 1.82) is 0 Å². The number of carbonyl (C=O) groups is 1. The average molecular weight is 522 g/mol. The van der Waals surface area contributed by atoms with Gasteiger partial charge in [-0.3, -0.25) is 4.79 Å². The molecule has 1 aliphatic carbocycles. The summed E-state index contributed by atoms with van der Waals surface area (Å²) in [5, 5.41) is 0. The summed E-state index contributed by atoms with van der Waals surface area (Å²) in [6, 6.07) is 0.807. The number of carbonyl (C=O) groups excluding carboxylic acids is 1. The van der Waals surface area contributed by atoms with Crippen LogP contribution in [-0.4, -0.2) is 38.1 Å². The predicted octanol–water partition coefficient (Wildman–Crippen LogP) is 10.5. The van der Waals surface area contributed by atoms with E-state index in [0.29, 0.717) is 6.42 Å². The zero-order valence-electron chi connectivity index (χ0n) is 25.9. The Morgan fingerprint density at radius 3 is 1.57 bits per heavy atom. The van der Waals surface area contributed by atoms with Crippen LogP contribution < -0.4 is 0 Å². The highest BCUT2D eigenvalue weighted by Gasteiger charge is 2.42. The van der Waals surface area contributed by atoms with Crippen molar-refractivity contribution in [2.75, 3.05) is 21.2 Å². The van der Waals surface area contributed by atoms with Crippen LogP contribution in [0.25, 0.3) is 0 Å². The van der Waals surface area contributed by atoms with Crippen LogP contribution in [0.15, 0.2) is 0 Å². The van der Waals surface area contributed by atoms with Crippen LogP contribution in [0.1, 0.15) is 174 Å². The third kappa shape index (κ3) is 20.1. The number of hydrogen-bond donors (Lipinski definition) is 0. The molecule has 0 heterocycles. The topological polar surface area (TPSA) is 29.5 Å². The van der Waals surface area contributed by atoms with Gasteiger partial charge < -0.3 is 9.64 Å². The van der Waals surface area contributed by atoms with Crippen molar-refractivity contribution in [2.45, 2.75) is 180 Å². The SMILES string of the molecule is CCCCCCCCCCCCCCCCCCCC(C1CC1CCCCCCCC(=O)OC)N(C)C. The van der Waals surface area contributed by atoms with Gasteiger partial charge >= 0.3 is 5.97 Å². The molecule has 0 amide bonds. The minimum absolute atomic E-state index is 0.0601. The van der Waals surface area contributed by atoms with Crippen LogP contribution in [0.2, 0.25) is 0 Å². The number of hydrogen-bond acceptors (Lipinski definition) is 3. The third-order valence-corrected chi connectivity index (χ3v) is 8.92. The molecule has 0 aromatic heterocycles. The summed E-state index contributed by atoms with van der Waals surface area (Å²) in [6.07, 6.45) is 35.7. The molecule has 0 aliphatic heterocycles. The van der Waals surface area contributed by atoms with Gasteiger partial charge in [0, 0.05) is 12.5 Å². The number of unbranched alkanes of at least 4 members (excludes halogenated alkanes) is 20. The van der Waals surface area contributed by atoms with E-state index in [1.807, 2.05) is 0 Å². The van der Waals surface area contributed by atoms with Crippen molar-refractivity contribution >= 4 is 5.97 Å². The fourth-order valence-corrected chi connectivity index (χ4v) is 6.32. The first-order chi connectivity index (χ1) is 18.1. The normalized spacial score (nSPS) is 17.9.